The number of halogens is 2. The van der Waals surface area contributed by atoms with E-state index >= 15 is 0 Å². The molecule has 0 aromatic heterocycles. The number of aliphatic hydroxyl groups excluding tert-OH is 1. The molecule has 1 amide bonds. The molecule has 1 heterocycles. The van der Waals surface area contributed by atoms with E-state index in [-0.39, 0.29) is 23.3 Å². The monoisotopic (exact) mass is 253 g/mol. The molecule has 1 N–H and O–H groups in total. The van der Waals surface area contributed by atoms with Gasteiger partial charge in [-0.2, -0.15) is 0 Å². The van der Waals surface area contributed by atoms with Gasteiger partial charge in [0.05, 0.1) is 6.10 Å². The van der Waals surface area contributed by atoms with Gasteiger partial charge in [0, 0.05) is 19.0 Å². The molecule has 1 aliphatic carbocycles. The first-order chi connectivity index (χ1) is 8.58. The van der Waals surface area contributed by atoms with Crippen molar-refractivity contribution in [3.63, 3.8) is 0 Å². The Morgan fingerprint density at radius 2 is 2.06 bits per heavy atom. The van der Waals surface area contributed by atoms with Crippen LogP contribution in [0.2, 0.25) is 0 Å². The van der Waals surface area contributed by atoms with Gasteiger partial charge in [-0.1, -0.05) is 12.1 Å². The molecule has 2 fully saturated rings. The zero-order chi connectivity index (χ0) is 12.9. The van der Waals surface area contributed by atoms with Crippen molar-refractivity contribution in [2.45, 2.75) is 18.4 Å². The van der Waals surface area contributed by atoms with Crippen molar-refractivity contribution >= 4 is 5.91 Å². The standard InChI is InChI=1S/C13H13F2NO2/c14-11-3-1-2-8(12(11)15)9-4-10(9)13(18)16-5-7(17)6-16/h1-3,7,9-10,17H,4-6H2. The fourth-order valence-corrected chi connectivity index (χ4v) is 2.49. The summed E-state index contributed by atoms with van der Waals surface area (Å²) in [6.07, 6.45) is 0.128. The second-order valence-electron chi connectivity index (χ2n) is 4.99. The minimum Gasteiger partial charge on any atom is -0.389 e. The summed E-state index contributed by atoms with van der Waals surface area (Å²) in [5, 5.41) is 9.13. The molecule has 2 unspecified atom stereocenters. The van der Waals surface area contributed by atoms with Crippen LogP contribution in [0, 0.1) is 17.6 Å². The van der Waals surface area contributed by atoms with E-state index in [0.29, 0.717) is 19.5 Å². The van der Waals surface area contributed by atoms with Crippen LogP contribution in [0.1, 0.15) is 17.9 Å². The smallest absolute Gasteiger partial charge is 0.226 e. The Balaban J connectivity index is 1.70. The summed E-state index contributed by atoms with van der Waals surface area (Å²) in [4.78, 5) is 13.5. The fraction of sp³-hybridized carbons (Fsp3) is 0.462. The van der Waals surface area contributed by atoms with Gasteiger partial charge in [-0.05, 0) is 24.0 Å². The Morgan fingerprint density at radius 3 is 2.72 bits per heavy atom. The van der Waals surface area contributed by atoms with Gasteiger partial charge < -0.3 is 10.0 Å². The molecule has 1 aromatic carbocycles. The molecule has 18 heavy (non-hydrogen) atoms. The van der Waals surface area contributed by atoms with Crippen LogP contribution in [-0.2, 0) is 4.79 Å². The Labute approximate surface area is 103 Å². The average molecular weight is 253 g/mol. The predicted molar refractivity (Wildman–Crippen MR) is 59.8 cm³/mol. The number of rotatable bonds is 2. The van der Waals surface area contributed by atoms with E-state index in [4.69, 9.17) is 5.11 Å². The van der Waals surface area contributed by atoms with Crippen LogP contribution in [0.15, 0.2) is 18.2 Å². The molecule has 1 aromatic rings. The lowest BCUT2D eigenvalue weighted by molar-refractivity contribution is -0.142. The van der Waals surface area contributed by atoms with Crippen molar-refractivity contribution in [3.8, 4) is 0 Å². The summed E-state index contributed by atoms with van der Waals surface area (Å²) in [5.41, 5.74) is 0.287. The maximum absolute atomic E-state index is 13.5. The molecule has 2 atom stereocenters. The normalized spacial score (nSPS) is 26.9. The predicted octanol–water partition coefficient (Wildman–Crippen LogP) is 1.27. The number of amides is 1. The van der Waals surface area contributed by atoms with Gasteiger partial charge >= 0.3 is 0 Å². The highest BCUT2D eigenvalue weighted by Gasteiger charge is 2.48. The van der Waals surface area contributed by atoms with Gasteiger partial charge in [0.15, 0.2) is 11.6 Å². The van der Waals surface area contributed by atoms with E-state index in [1.54, 1.807) is 4.90 Å². The highest BCUT2D eigenvalue weighted by Crippen LogP contribution is 2.49. The van der Waals surface area contributed by atoms with Crippen LogP contribution < -0.4 is 0 Å². The molecule has 3 nitrogen and oxygen atoms in total. The van der Waals surface area contributed by atoms with Crippen molar-refractivity contribution in [2.24, 2.45) is 5.92 Å². The van der Waals surface area contributed by atoms with Gasteiger partial charge in [0.2, 0.25) is 5.91 Å². The highest BCUT2D eigenvalue weighted by atomic mass is 19.2. The Morgan fingerprint density at radius 1 is 1.33 bits per heavy atom. The van der Waals surface area contributed by atoms with Crippen molar-refractivity contribution in [2.75, 3.05) is 13.1 Å². The Kier molecular flexibility index (Phi) is 2.59. The molecule has 96 valence electrons. The van der Waals surface area contributed by atoms with Crippen molar-refractivity contribution in [1.29, 1.82) is 0 Å². The lowest BCUT2D eigenvalue weighted by Gasteiger charge is -2.36. The van der Waals surface area contributed by atoms with Gasteiger partial charge in [-0.25, -0.2) is 8.78 Å². The van der Waals surface area contributed by atoms with E-state index in [0.717, 1.165) is 6.07 Å². The largest absolute Gasteiger partial charge is 0.389 e. The number of carbonyl (C=O) groups is 1. The third-order valence-electron chi connectivity index (χ3n) is 3.66. The second-order valence-corrected chi connectivity index (χ2v) is 4.99. The minimum absolute atomic E-state index is 0.0611. The summed E-state index contributed by atoms with van der Waals surface area (Å²) in [7, 11) is 0. The Bertz CT molecular complexity index is 500. The van der Waals surface area contributed by atoms with Crippen LogP contribution in [0.25, 0.3) is 0 Å². The fourth-order valence-electron chi connectivity index (χ4n) is 2.49. The third-order valence-corrected chi connectivity index (χ3v) is 3.66. The zero-order valence-corrected chi connectivity index (χ0v) is 9.64. The zero-order valence-electron chi connectivity index (χ0n) is 9.64. The quantitative estimate of drug-likeness (QED) is 0.862. The van der Waals surface area contributed by atoms with E-state index < -0.39 is 17.7 Å². The molecule has 1 aliphatic heterocycles. The van der Waals surface area contributed by atoms with Crippen LogP contribution in [0.5, 0.6) is 0 Å². The van der Waals surface area contributed by atoms with Crippen molar-refractivity contribution < 1.29 is 18.7 Å². The minimum atomic E-state index is -0.870. The average Bonchev–Trinajstić information content (AvgIpc) is 3.08. The van der Waals surface area contributed by atoms with Crippen molar-refractivity contribution in [1.82, 2.24) is 4.90 Å². The molecule has 3 rings (SSSR count). The molecular formula is C13H13F2NO2. The SMILES string of the molecule is O=C(C1CC1c1cccc(F)c1F)N1CC(O)C1. The molecule has 1 saturated heterocycles. The number of benzene rings is 1. The Hall–Kier alpha value is -1.49. The van der Waals surface area contributed by atoms with Gasteiger partial charge in [0.1, 0.15) is 0 Å². The molecule has 1 saturated carbocycles. The lowest BCUT2D eigenvalue weighted by atomic mass is 10.1. The topological polar surface area (TPSA) is 40.5 Å². The second kappa shape index (κ2) is 4.02. The number of hydrogen-bond donors (Lipinski definition) is 1. The highest BCUT2D eigenvalue weighted by molar-refractivity contribution is 5.83. The lowest BCUT2D eigenvalue weighted by Crippen LogP contribution is -2.54. The van der Waals surface area contributed by atoms with E-state index in [9.17, 15) is 13.6 Å². The third kappa shape index (κ3) is 1.79. The summed E-state index contributed by atoms with van der Waals surface area (Å²) < 4.78 is 26.6. The van der Waals surface area contributed by atoms with Crippen LogP contribution in [0.3, 0.4) is 0 Å². The molecule has 2 aliphatic rings. The van der Waals surface area contributed by atoms with Gasteiger partial charge in [0.25, 0.3) is 0 Å². The summed E-state index contributed by atoms with van der Waals surface area (Å²) in [6.45, 7) is 0.710. The molecule has 0 bridgehead atoms. The number of β-amino-alcohol motifs (C(OH)–C–C–N with tert-alkyl or cyclic N) is 1. The van der Waals surface area contributed by atoms with Gasteiger partial charge in [-0.15, -0.1) is 0 Å². The first-order valence-corrected chi connectivity index (χ1v) is 5.98. The maximum atomic E-state index is 13.5. The van der Waals surface area contributed by atoms with Crippen molar-refractivity contribution in [3.05, 3.63) is 35.4 Å². The molecule has 0 spiro atoms. The van der Waals surface area contributed by atoms with E-state index in [1.807, 2.05) is 0 Å². The van der Waals surface area contributed by atoms with Crippen LogP contribution in [-0.4, -0.2) is 35.1 Å². The number of hydrogen-bond acceptors (Lipinski definition) is 2. The van der Waals surface area contributed by atoms with Crippen LogP contribution in [0.4, 0.5) is 8.78 Å². The first-order valence-electron chi connectivity index (χ1n) is 5.98. The molecule has 0 radical (unpaired) electrons. The van der Waals surface area contributed by atoms with Gasteiger partial charge in [-0.3, -0.25) is 4.79 Å². The molecular weight excluding hydrogens is 240 g/mol. The number of carbonyl (C=O) groups excluding carboxylic acids is 1. The number of aliphatic hydroxyl groups is 1. The summed E-state index contributed by atoms with van der Waals surface area (Å²) >= 11 is 0. The maximum Gasteiger partial charge on any atom is 0.226 e. The van der Waals surface area contributed by atoms with E-state index in [1.165, 1.54) is 12.1 Å². The van der Waals surface area contributed by atoms with Crippen LogP contribution >= 0.6 is 0 Å². The summed E-state index contributed by atoms with van der Waals surface area (Å²) in [6, 6.07) is 4.06. The van der Waals surface area contributed by atoms with E-state index in [2.05, 4.69) is 0 Å². The number of nitrogens with zero attached hydrogens (tertiary/aromatic N) is 1. The summed E-state index contributed by atoms with van der Waals surface area (Å²) in [5.74, 6) is -2.25. The molecule has 5 heteroatoms. The first kappa shape index (κ1) is 11.6. The number of likely N-dealkylation sites (tertiary alicyclic amines) is 1.